The molecule has 1 aromatic rings. The predicted molar refractivity (Wildman–Crippen MR) is 93.7 cm³/mol. The fourth-order valence-electron chi connectivity index (χ4n) is 2.02. The first-order valence-electron chi connectivity index (χ1n) is 7.82. The Morgan fingerprint density at radius 2 is 1.80 bits per heavy atom. The van der Waals surface area contributed by atoms with E-state index in [1.54, 1.807) is 11.8 Å². The molecule has 1 heterocycles. The van der Waals surface area contributed by atoms with Crippen LogP contribution in [-0.4, -0.2) is 22.3 Å². The number of aromatic nitrogens is 2. The summed E-state index contributed by atoms with van der Waals surface area (Å²) < 4.78 is 0. The van der Waals surface area contributed by atoms with Gasteiger partial charge in [0.2, 0.25) is 5.95 Å². The first-order valence-corrected chi connectivity index (χ1v) is 9.04. The minimum Gasteiger partial charge on any atom is -0.351 e. The molecule has 0 bridgehead atoms. The van der Waals surface area contributed by atoms with Gasteiger partial charge in [0, 0.05) is 24.8 Å². The van der Waals surface area contributed by atoms with E-state index >= 15 is 0 Å². The molecule has 4 heteroatoms. The van der Waals surface area contributed by atoms with Gasteiger partial charge in [-0.2, -0.15) is 0 Å². The summed E-state index contributed by atoms with van der Waals surface area (Å²) in [6, 6.07) is 0.570. The lowest BCUT2D eigenvalue weighted by Crippen LogP contribution is -2.17. The van der Waals surface area contributed by atoms with E-state index < -0.39 is 0 Å². The van der Waals surface area contributed by atoms with Gasteiger partial charge in [-0.15, -0.1) is 11.8 Å². The Hall–Kier alpha value is -0.770. The summed E-state index contributed by atoms with van der Waals surface area (Å²) in [6.45, 7) is 10.6. The molecule has 2 rings (SSSR count). The Balaban J connectivity index is 0. The van der Waals surface area contributed by atoms with Crippen molar-refractivity contribution < 1.29 is 1.43 Å². The maximum absolute atomic E-state index is 4.29. The van der Waals surface area contributed by atoms with Crippen molar-refractivity contribution in [3.05, 3.63) is 12.4 Å². The zero-order valence-corrected chi connectivity index (χ0v) is 14.8. The zero-order chi connectivity index (χ0) is 15.4. The van der Waals surface area contributed by atoms with Crippen LogP contribution in [0.15, 0.2) is 17.3 Å². The number of thioether (sulfide) groups is 1. The molecule has 118 valence electrons. The van der Waals surface area contributed by atoms with Crippen molar-refractivity contribution >= 4 is 17.7 Å². The van der Waals surface area contributed by atoms with Crippen molar-refractivity contribution in [1.29, 1.82) is 0 Å². The summed E-state index contributed by atoms with van der Waals surface area (Å²) in [5.74, 6) is 1.61. The van der Waals surface area contributed by atoms with Crippen molar-refractivity contribution in [1.82, 2.24) is 9.97 Å². The van der Waals surface area contributed by atoms with E-state index in [0.29, 0.717) is 6.04 Å². The Labute approximate surface area is 130 Å². The molecule has 0 aliphatic heterocycles. The lowest BCUT2D eigenvalue weighted by Gasteiger charge is -2.11. The molecular formula is C16H33N3S. The second-order valence-corrected chi connectivity index (χ2v) is 5.79. The third-order valence-electron chi connectivity index (χ3n) is 2.89. The minimum absolute atomic E-state index is 0. The van der Waals surface area contributed by atoms with Gasteiger partial charge >= 0.3 is 0 Å². The number of nitrogens with one attached hydrogen (secondary N) is 1. The maximum Gasteiger partial charge on any atom is 0.222 e. The molecule has 0 saturated heterocycles. The molecule has 1 fully saturated rings. The SMILES string of the molecule is CC.CCC.CSc1cnc(N[C@H]2CC[C@H](C)C2)nc1.[HH]. The summed E-state index contributed by atoms with van der Waals surface area (Å²) in [5.41, 5.74) is 0. The molecule has 1 saturated carbocycles. The molecule has 3 nitrogen and oxygen atoms in total. The van der Waals surface area contributed by atoms with Gasteiger partial charge in [0.05, 0.1) is 0 Å². The standard InChI is InChI=1S/C11H17N3S.C3H8.C2H6.H2/c1-8-3-4-9(5-8)14-11-12-6-10(15-2)7-13-11;1-3-2;1-2;/h6-9H,3-5H2,1-2H3,(H,12,13,14);3H2,1-2H3;1-2H3;1H/t8-,9-;;;/m0.../s1. The fraction of sp³-hybridized carbons (Fsp3) is 0.750. The van der Waals surface area contributed by atoms with Crippen LogP contribution in [0.1, 0.15) is 61.7 Å². The lowest BCUT2D eigenvalue weighted by atomic mass is 10.1. The van der Waals surface area contributed by atoms with Crippen molar-refractivity contribution in [3.8, 4) is 0 Å². The first kappa shape index (κ1) is 19.2. The Morgan fingerprint density at radius 3 is 2.20 bits per heavy atom. The van der Waals surface area contributed by atoms with E-state index in [-0.39, 0.29) is 1.43 Å². The third kappa shape index (κ3) is 7.73. The summed E-state index contributed by atoms with van der Waals surface area (Å²) in [6.07, 6.45) is 10.8. The average Bonchev–Trinajstić information content (AvgIpc) is 2.88. The highest BCUT2D eigenvalue weighted by atomic mass is 32.2. The summed E-state index contributed by atoms with van der Waals surface area (Å²) in [4.78, 5) is 9.70. The lowest BCUT2D eigenvalue weighted by molar-refractivity contribution is 0.601. The van der Waals surface area contributed by atoms with Crippen LogP contribution >= 0.6 is 11.8 Å². The molecule has 20 heavy (non-hydrogen) atoms. The number of rotatable bonds is 3. The summed E-state index contributed by atoms with van der Waals surface area (Å²) in [5, 5.41) is 3.39. The minimum atomic E-state index is 0. The molecular weight excluding hydrogens is 266 g/mol. The topological polar surface area (TPSA) is 37.8 Å². The quantitative estimate of drug-likeness (QED) is 0.749. The molecule has 0 spiro atoms. The molecule has 1 N–H and O–H groups in total. The summed E-state index contributed by atoms with van der Waals surface area (Å²) in [7, 11) is 0. The van der Waals surface area contributed by atoms with Gasteiger partial charge in [-0.1, -0.05) is 41.0 Å². The Morgan fingerprint density at radius 1 is 1.25 bits per heavy atom. The van der Waals surface area contributed by atoms with E-state index in [9.17, 15) is 0 Å². The fourth-order valence-corrected chi connectivity index (χ4v) is 2.33. The van der Waals surface area contributed by atoms with Crippen LogP contribution in [0.25, 0.3) is 0 Å². The van der Waals surface area contributed by atoms with E-state index in [2.05, 4.69) is 36.1 Å². The third-order valence-corrected chi connectivity index (χ3v) is 3.57. The van der Waals surface area contributed by atoms with Crippen LogP contribution in [-0.2, 0) is 0 Å². The molecule has 0 aromatic carbocycles. The van der Waals surface area contributed by atoms with E-state index in [1.165, 1.54) is 25.7 Å². The highest BCUT2D eigenvalue weighted by Gasteiger charge is 2.21. The molecule has 1 aromatic heterocycles. The number of hydrogen-bond acceptors (Lipinski definition) is 4. The second-order valence-electron chi connectivity index (χ2n) is 4.91. The zero-order valence-electron chi connectivity index (χ0n) is 13.9. The first-order chi connectivity index (χ1) is 9.69. The molecule has 1 aliphatic rings. The van der Waals surface area contributed by atoms with Crippen LogP contribution in [0.2, 0.25) is 0 Å². The Kier molecular flexibility index (Phi) is 11.5. The van der Waals surface area contributed by atoms with Crippen LogP contribution in [0.4, 0.5) is 5.95 Å². The molecule has 2 atom stereocenters. The molecule has 0 radical (unpaired) electrons. The smallest absolute Gasteiger partial charge is 0.222 e. The van der Waals surface area contributed by atoms with Crippen molar-refractivity contribution in [3.63, 3.8) is 0 Å². The highest BCUT2D eigenvalue weighted by molar-refractivity contribution is 7.98. The molecule has 0 unspecified atom stereocenters. The average molecular weight is 300 g/mol. The number of nitrogens with zero attached hydrogens (tertiary/aromatic N) is 2. The van der Waals surface area contributed by atoms with E-state index in [1.807, 2.05) is 32.5 Å². The molecule has 1 aliphatic carbocycles. The second kappa shape index (κ2) is 12.0. The van der Waals surface area contributed by atoms with Crippen molar-refractivity contribution in [2.24, 2.45) is 5.92 Å². The highest BCUT2D eigenvalue weighted by Crippen LogP contribution is 2.26. The van der Waals surface area contributed by atoms with Crippen LogP contribution in [0.5, 0.6) is 0 Å². The van der Waals surface area contributed by atoms with Crippen LogP contribution in [0, 0.1) is 5.92 Å². The van der Waals surface area contributed by atoms with Gasteiger partial charge in [0.25, 0.3) is 0 Å². The monoisotopic (exact) mass is 299 g/mol. The van der Waals surface area contributed by atoms with Gasteiger partial charge in [0.1, 0.15) is 0 Å². The van der Waals surface area contributed by atoms with Crippen molar-refractivity contribution in [2.45, 2.75) is 71.2 Å². The van der Waals surface area contributed by atoms with E-state index in [0.717, 1.165) is 16.8 Å². The van der Waals surface area contributed by atoms with Gasteiger partial charge in [-0.25, -0.2) is 9.97 Å². The molecule has 0 amide bonds. The van der Waals surface area contributed by atoms with Gasteiger partial charge < -0.3 is 5.32 Å². The number of hydrogen-bond donors (Lipinski definition) is 1. The van der Waals surface area contributed by atoms with Gasteiger partial charge in [0.15, 0.2) is 0 Å². The maximum atomic E-state index is 4.29. The van der Waals surface area contributed by atoms with Gasteiger partial charge in [-0.05, 0) is 31.4 Å². The predicted octanol–water partition coefficient (Wildman–Crippen LogP) is 5.49. The number of anilines is 1. The van der Waals surface area contributed by atoms with Crippen molar-refractivity contribution in [2.75, 3.05) is 11.6 Å². The Bertz CT molecular complexity index is 333. The largest absolute Gasteiger partial charge is 0.351 e. The van der Waals surface area contributed by atoms with Crippen LogP contribution in [0.3, 0.4) is 0 Å². The van der Waals surface area contributed by atoms with Crippen LogP contribution < -0.4 is 5.32 Å². The normalized spacial score (nSPS) is 20.3. The summed E-state index contributed by atoms with van der Waals surface area (Å²) >= 11 is 1.67. The van der Waals surface area contributed by atoms with Gasteiger partial charge in [-0.3, -0.25) is 0 Å². The van der Waals surface area contributed by atoms with E-state index in [4.69, 9.17) is 0 Å².